The maximum absolute atomic E-state index is 13.5. The zero-order chi connectivity index (χ0) is 49.7. The standard InChI is InChI=1S/C48H76N2O17/c1-29-16-14-12-10-8-6-4-5-7-9-11-13-15-17-35(66-47-45(61)44(49)40(59)28-64-47)24-41-43(46(62)50-27-30(2)51)39(58)26-48(63,67-41)25-34(54)22-38(57)36(55)19-18-32(52)21-33(53)23-42(60)65-31(3)20-37(29)56/h4-17,29-41,43-45,47,51-59,61,63H,18-28,49H2,1-3H3,(H,50,62)/b5-4+,8-6+,9-7+,12-10+,13-11+,16-14+,17-15+/t29-,30-,31-,32?,33?,34?,35?,36+,37-,38?,39-,40+,41-,43?,44-,45-,47-,48?/m0/s1. The molecule has 19 heteroatoms. The molecule has 0 aliphatic carbocycles. The molecule has 2 fully saturated rings. The summed E-state index contributed by atoms with van der Waals surface area (Å²) in [4.78, 5) is 26.0. The molecule has 7 unspecified atom stereocenters. The smallest absolute Gasteiger partial charge is 0.308 e. The summed E-state index contributed by atoms with van der Waals surface area (Å²) < 4.78 is 23.1. The Morgan fingerprint density at radius 1 is 0.746 bits per heavy atom. The molecule has 67 heavy (non-hydrogen) atoms. The molecule has 3 rings (SSSR count). The molecule has 0 aromatic heterocycles. The van der Waals surface area contributed by atoms with Crippen LogP contribution in [0.25, 0.3) is 0 Å². The summed E-state index contributed by atoms with van der Waals surface area (Å²) in [5, 5.41) is 121. The Balaban J connectivity index is 1.89. The average Bonchev–Trinajstić information content (AvgIpc) is 3.23. The number of allylic oxidation sites excluding steroid dienone is 12. The highest BCUT2D eigenvalue weighted by atomic mass is 16.7. The third-order valence-electron chi connectivity index (χ3n) is 11.6. The average molecular weight is 953 g/mol. The lowest BCUT2D eigenvalue weighted by Gasteiger charge is -2.45. The number of esters is 1. The first kappa shape index (κ1) is 57.8. The summed E-state index contributed by atoms with van der Waals surface area (Å²) in [5.74, 6) is -5.35. The van der Waals surface area contributed by atoms with Gasteiger partial charge in [-0.2, -0.15) is 0 Å². The highest BCUT2D eigenvalue weighted by molar-refractivity contribution is 5.80. The van der Waals surface area contributed by atoms with Crippen LogP contribution in [0.2, 0.25) is 0 Å². The number of ether oxygens (including phenoxy) is 4. The Hall–Kier alpha value is -3.48. The molecular weight excluding hydrogens is 877 g/mol. The molecule has 3 aliphatic heterocycles. The fourth-order valence-corrected chi connectivity index (χ4v) is 7.88. The highest BCUT2D eigenvalue weighted by Gasteiger charge is 2.50. The topological polar surface area (TPSA) is 332 Å². The van der Waals surface area contributed by atoms with Gasteiger partial charge in [-0.15, -0.1) is 0 Å². The van der Waals surface area contributed by atoms with Crippen molar-refractivity contribution in [2.45, 2.75) is 176 Å². The second kappa shape index (κ2) is 29.5. The van der Waals surface area contributed by atoms with Gasteiger partial charge >= 0.3 is 5.97 Å². The Morgan fingerprint density at radius 2 is 1.34 bits per heavy atom. The maximum Gasteiger partial charge on any atom is 0.308 e. The van der Waals surface area contributed by atoms with E-state index >= 15 is 0 Å². The maximum atomic E-state index is 13.5. The van der Waals surface area contributed by atoms with Crippen LogP contribution in [0.3, 0.4) is 0 Å². The second-order valence-corrected chi connectivity index (χ2v) is 18.0. The van der Waals surface area contributed by atoms with E-state index in [1.165, 1.54) is 6.92 Å². The van der Waals surface area contributed by atoms with Crippen molar-refractivity contribution in [3.05, 3.63) is 85.1 Å². The molecule has 3 heterocycles. The molecule has 380 valence electrons. The monoisotopic (exact) mass is 953 g/mol. The molecule has 18 atom stereocenters. The third kappa shape index (κ3) is 21.4. The minimum Gasteiger partial charge on any atom is -0.462 e. The van der Waals surface area contributed by atoms with Gasteiger partial charge in [-0.25, -0.2) is 0 Å². The van der Waals surface area contributed by atoms with E-state index in [0.717, 1.165) is 0 Å². The fraction of sp³-hybridized carbons (Fsp3) is 0.667. The first-order valence-corrected chi connectivity index (χ1v) is 23.1. The lowest BCUT2D eigenvalue weighted by atomic mass is 9.82. The van der Waals surface area contributed by atoms with Gasteiger partial charge in [0.1, 0.15) is 12.2 Å². The number of nitrogens with one attached hydrogen (secondary N) is 1. The molecule has 0 spiro atoms. The summed E-state index contributed by atoms with van der Waals surface area (Å²) in [6.07, 6.45) is 4.32. The van der Waals surface area contributed by atoms with Crippen LogP contribution in [0.15, 0.2) is 85.1 Å². The van der Waals surface area contributed by atoms with Crippen molar-refractivity contribution in [2.24, 2.45) is 17.6 Å². The number of carbonyl (C=O) groups is 2. The van der Waals surface area contributed by atoms with Crippen molar-refractivity contribution < 1.29 is 84.7 Å². The van der Waals surface area contributed by atoms with E-state index in [0.29, 0.717) is 0 Å². The van der Waals surface area contributed by atoms with Crippen molar-refractivity contribution in [2.75, 3.05) is 13.2 Å². The van der Waals surface area contributed by atoms with Crippen LogP contribution < -0.4 is 11.1 Å². The Kier molecular flexibility index (Phi) is 25.5. The van der Waals surface area contributed by atoms with Crippen molar-refractivity contribution in [3.8, 4) is 0 Å². The fourth-order valence-electron chi connectivity index (χ4n) is 7.88. The predicted molar refractivity (Wildman–Crippen MR) is 245 cm³/mol. The third-order valence-corrected chi connectivity index (χ3v) is 11.6. The molecule has 0 radical (unpaired) electrons. The summed E-state index contributed by atoms with van der Waals surface area (Å²) in [6.45, 7) is 4.46. The van der Waals surface area contributed by atoms with Crippen molar-refractivity contribution in [3.63, 3.8) is 0 Å². The van der Waals surface area contributed by atoms with Gasteiger partial charge in [-0.05, 0) is 33.1 Å². The van der Waals surface area contributed by atoms with Crippen molar-refractivity contribution in [1.29, 1.82) is 0 Å². The van der Waals surface area contributed by atoms with Crippen LogP contribution in [-0.4, -0.2) is 179 Å². The van der Waals surface area contributed by atoms with Gasteiger partial charge in [-0.3, -0.25) is 9.59 Å². The van der Waals surface area contributed by atoms with E-state index in [9.17, 15) is 65.8 Å². The van der Waals surface area contributed by atoms with Gasteiger partial charge in [0.2, 0.25) is 5.91 Å². The zero-order valence-corrected chi connectivity index (χ0v) is 38.6. The van der Waals surface area contributed by atoms with Crippen molar-refractivity contribution in [1.82, 2.24) is 5.32 Å². The summed E-state index contributed by atoms with van der Waals surface area (Å²) in [7, 11) is 0. The van der Waals surface area contributed by atoms with Crippen LogP contribution >= 0.6 is 0 Å². The Labute approximate surface area is 392 Å². The molecule has 14 N–H and O–H groups in total. The summed E-state index contributed by atoms with van der Waals surface area (Å²) >= 11 is 0. The number of aliphatic hydroxyl groups is 11. The number of amides is 1. The van der Waals surface area contributed by atoms with Crippen LogP contribution in [0.4, 0.5) is 0 Å². The Morgan fingerprint density at radius 3 is 1.96 bits per heavy atom. The van der Waals surface area contributed by atoms with Gasteiger partial charge in [-0.1, -0.05) is 92.0 Å². The lowest BCUT2D eigenvalue weighted by molar-refractivity contribution is -0.304. The molecule has 1 amide bonds. The normalized spacial score (nSPS) is 42.7. The number of nitrogens with two attached hydrogens (primary N) is 1. The van der Waals surface area contributed by atoms with Crippen LogP contribution in [-0.2, 0) is 28.5 Å². The van der Waals surface area contributed by atoms with E-state index in [1.54, 1.807) is 73.8 Å². The quantitative estimate of drug-likeness (QED) is 0.154. The summed E-state index contributed by atoms with van der Waals surface area (Å²) in [6, 6.07) is -1.12. The van der Waals surface area contributed by atoms with Gasteiger partial charge in [0.25, 0.3) is 0 Å². The first-order chi connectivity index (χ1) is 31.7. The number of carbonyl (C=O) groups excluding carboxylic acids is 2. The van der Waals surface area contributed by atoms with Gasteiger partial charge in [0.15, 0.2) is 12.1 Å². The predicted octanol–water partition coefficient (Wildman–Crippen LogP) is -0.510. The number of cyclic esters (lactones) is 1. The molecule has 0 aromatic carbocycles. The number of hydrogen-bond donors (Lipinski definition) is 13. The summed E-state index contributed by atoms with van der Waals surface area (Å²) in [5.41, 5.74) is 5.98. The van der Waals surface area contributed by atoms with Crippen LogP contribution in [0.5, 0.6) is 0 Å². The van der Waals surface area contributed by atoms with Crippen molar-refractivity contribution >= 4 is 11.9 Å². The van der Waals surface area contributed by atoms with Gasteiger partial charge in [0.05, 0.1) is 92.1 Å². The molecule has 2 saturated heterocycles. The van der Waals surface area contributed by atoms with Crippen LogP contribution in [0.1, 0.15) is 78.6 Å². The molecule has 0 aromatic rings. The molecule has 3 aliphatic rings. The van der Waals surface area contributed by atoms with E-state index in [4.69, 9.17) is 24.7 Å². The SMILES string of the molecule is C[C@H](O)CNC(=O)C1[C@@H]2CC(O[C@@H]3OC[C@@H](O)[C@H](N)[C@@H]3O)/C=C/C=C/C=C/C=C/C=C/C=C/C=C/[C@H](C)[C@@H](O)C[C@H](C)OC(=O)CC(O)CC(O)CC[C@@H](O)C(O)CC(O)CC(O)(C[C@@H]1O)O2. The molecule has 19 nitrogen and oxygen atoms in total. The first-order valence-electron chi connectivity index (χ1n) is 23.1. The van der Waals surface area contributed by atoms with Crippen LogP contribution in [0, 0.1) is 11.8 Å². The minimum absolute atomic E-state index is 0.101. The zero-order valence-electron chi connectivity index (χ0n) is 38.6. The molecule has 0 saturated carbocycles. The van der Waals surface area contributed by atoms with Gasteiger partial charge in [0, 0.05) is 44.6 Å². The Bertz CT molecular complexity index is 1690. The minimum atomic E-state index is -2.30. The molecule has 2 bridgehead atoms. The second-order valence-electron chi connectivity index (χ2n) is 18.0. The molecular formula is C48H76N2O17. The van der Waals surface area contributed by atoms with E-state index in [1.807, 2.05) is 25.2 Å². The highest BCUT2D eigenvalue weighted by Crippen LogP contribution is 2.38. The van der Waals surface area contributed by atoms with E-state index < -0.39 is 141 Å². The number of fused-ring (bicyclic) bond motifs is 2. The number of rotatable bonds is 5. The van der Waals surface area contributed by atoms with E-state index in [-0.39, 0.29) is 51.2 Å². The lowest BCUT2D eigenvalue weighted by Crippen LogP contribution is -2.59. The van der Waals surface area contributed by atoms with Gasteiger partial charge < -0.3 is 86.2 Å². The number of hydrogen-bond acceptors (Lipinski definition) is 18. The largest absolute Gasteiger partial charge is 0.462 e. The van der Waals surface area contributed by atoms with E-state index in [2.05, 4.69) is 5.32 Å². The number of aliphatic hydroxyl groups excluding tert-OH is 10.